The Bertz CT molecular complexity index is 696. The zero-order valence-corrected chi connectivity index (χ0v) is 19.1. The number of rotatable bonds is 6. The number of carbonyl (C=O) groups is 1. The maximum absolute atomic E-state index is 13.2. The molecule has 0 N–H and O–H groups in total. The van der Waals surface area contributed by atoms with Crippen LogP contribution in [-0.2, 0) is 4.79 Å². The van der Waals surface area contributed by atoms with Crippen LogP contribution in [0.15, 0.2) is 24.3 Å². The number of nitrogens with zero attached hydrogens (tertiary/aromatic N) is 4. The fourth-order valence-corrected chi connectivity index (χ4v) is 5.58. The van der Waals surface area contributed by atoms with Crippen LogP contribution in [0.25, 0.3) is 0 Å². The molecule has 3 heterocycles. The first kappa shape index (κ1) is 22.5. The predicted octanol–water partition coefficient (Wildman–Crippen LogP) is 3.45. The van der Waals surface area contributed by atoms with Gasteiger partial charge in [0.05, 0.1) is 0 Å². The number of piperidine rings is 2. The van der Waals surface area contributed by atoms with Crippen LogP contribution in [0.2, 0.25) is 0 Å². The molecule has 1 atom stereocenters. The van der Waals surface area contributed by atoms with E-state index in [1.54, 1.807) is 12.1 Å². The van der Waals surface area contributed by atoms with Crippen molar-refractivity contribution in [2.45, 2.75) is 51.5 Å². The Morgan fingerprint density at radius 1 is 0.968 bits per heavy atom. The van der Waals surface area contributed by atoms with Gasteiger partial charge in [0.1, 0.15) is 5.82 Å². The minimum absolute atomic E-state index is 0.180. The van der Waals surface area contributed by atoms with Crippen molar-refractivity contribution in [3.63, 3.8) is 0 Å². The summed E-state index contributed by atoms with van der Waals surface area (Å²) in [7, 11) is 0. The quantitative estimate of drug-likeness (QED) is 0.692. The number of amides is 1. The van der Waals surface area contributed by atoms with Crippen molar-refractivity contribution in [3.05, 3.63) is 30.1 Å². The van der Waals surface area contributed by atoms with Gasteiger partial charge in [-0.25, -0.2) is 4.39 Å². The summed E-state index contributed by atoms with van der Waals surface area (Å²) >= 11 is 0. The molecular weight excluding hydrogens is 391 g/mol. The third-order valence-electron chi connectivity index (χ3n) is 7.48. The number of hydrogen-bond donors (Lipinski definition) is 0. The van der Waals surface area contributed by atoms with Gasteiger partial charge in [0, 0.05) is 57.4 Å². The van der Waals surface area contributed by atoms with Crippen molar-refractivity contribution in [1.29, 1.82) is 0 Å². The maximum Gasteiger partial charge on any atom is 0.222 e. The van der Waals surface area contributed by atoms with Crippen LogP contribution in [0.3, 0.4) is 0 Å². The molecule has 1 aromatic carbocycles. The molecule has 3 saturated heterocycles. The number of hydrogen-bond acceptors (Lipinski definition) is 4. The van der Waals surface area contributed by atoms with Gasteiger partial charge >= 0.3 is 0 Å². The topological polar surface area (TPSA) is 30.0 Å². The molecule has 172 valence electrons. The summed E-state index contributed by atoms with van der Waals surface area (Å²) in [6, 6.07) is 7.32. The minimum atomic E-state index is -0.180. The van der Waals surface area contributed by atoms with Gasteiger partial charge in [-0.3, -0.25) is 9.69 Å². The number of benzene rings is 1. The Kier molecular flexibility index (Phi) is 7.83. The fraction of sp³-hybridized carbons (Fsp3) is 0.720. The summed E-state index contributed by atoms with van der Waals surface area (Å²) in [6.07, 6.45) is 6.62. The summed E-state index contributed by atoms with van der Waals surface area (Å²) in [5, 5.41) is 0. The van der Waals surface area contributed by atoms with Crippen LogP contribution in [0.1, 0.15) is 45.4 Å². The SMILES string of the molecule is CCCN1CCC(CC(=O)N2CCCC(N3CCN(c4ccc(F)cc4)CC3)C2)CC1. The first-order valence-corrected chi connectivity index (χ1v) is 12.4. The van der Waals surface area contributed by atoms with Crippen LogP contribution in [0.4, 0.5) is 10.1 Å². The molecule has 6 heteroatoms. The Labute approximate surface area is 187 Å². The second-order valence-electron chi connectivity index (χ2n) is 9.62. The minimum Gasteiger partial charge on any atom is -0.369 e. The second-order valence-corrected chi connectivity index (χ2v) is 9.62. The number of carbonyl (C=O) groups excluding carboxylic acids is 1. The lowest BCUT2D eigenvalue weighted by molar-refractivity contribution is -0.134. The molecule has 3 aliphatic heterocycles. The van der Waals surface area contributed by atoms with Crippen LogP contribution in [0.5, 0.6) is 0 Å². The third-order valence-corrected chi connectivity index (χ3v) is 7.48. The zero-order chi connectivity index (χ0) is 21.6. The molecule has 0 aromatic heterocycles. The van der Waals surface area contributed by atoms with Crippen molar-refractivity contribution < 1.29 is 9.18 Å². The highest BCUT2D eigenvalue weighted by molar-refractivity contribution is 5.76. The molecule has 1 aromatic rings. The normalized spacial score (nSPS) is 24.5. The molecule has 0 radical (unpaired) electrons. The van der Waals surface area contributed by atoms with Crippen LogP contribution in [-0.4, -0.2) is 85.6 Å². The van der Waals surface area contributed by atoms with Gasteiger partial charge in [-0.15, -0.1) is 0 Å². The highest BCUT2D eigenvalue weighted by Crippen LogP contribution is 2.25. The van der Waals surface area contributed by atoms with E-state index < -0.39 is 0 Å². The Morgan fingerprint density at radius 2 is 1.68 bits per heavy atom. The van der Waals surface area contributed by atoms with Gasteiger partial charge in [-0.2, -0.15) is 0 Å². The van der Waals surface area contributed by atoms with Crippen LogP contribution < -0.4 is 4.90 Å². The molecule has 0 spiro atoms. The smallest absolute Gasteiger partial charge is 0.222 e. The summed E-state index contributed by atoms with van der Waals surface area (Å²) in [4.78, 5) is 22.6. The second kappa shape index (κ2) is 10.8. The standard InChI is InChI=1S/C25H39FN4O/c1-2-11-27-13-9-21(10-14-27)19-25(31)30-12-3-4-24(20-30)29-17-15-28(16-18-29)23-7-5-22(26)6-8-23/h5-8,21,24H,2-4,9-20H2,1H3. The van der Waals surface area contributed by atoms with Crippen LogP contribution in [0, 0.1) is 11.7 Å². The van der Waals surface area contributed by atoms with Gasteiger partial charge in [0.15, 0.2) is 0 Å². The van der Waals surface area contributed by atoms with Gasteiger partial charge in [-0.1, -0.05) is 6.92 Å². The molecular formula is C25H39FN4O. The van der Waals surface area contributed by atoms with Crippen molar-refractivity contribution >= 4 is 11.6 Å². The van der Waals surface area contributed by atoms with Gasteiger partial charge < -0.3 is 14.7 Å². The third kappa shape index (κ3) is 5.98. The summed E-state index contributed by atoms with van der Waals surface area (Å²) in [5.74, 6) is 0.768. The molecule has 5 nitrogen and oxygen atoms in total. The number of halogens is 1. The summed E-state index contributed by atoms with van der Waals surface area (Å²) in [5.41, 5.74) is 1.10. The van der Waals surface area contributed by atoms with E-state index in [9.17, 15) is 9.18 Å². The molecule has 0 bridgehead atoms. The predicted molar refractivity (Wildman–Crippen MR) is 124 cm³/mol. The lowest BCUT2D eigenvalue weighted by Crippen LogP contribution is -2.56. The number of anilines is 1. The molecule has 31 heavy (non-hydrogen) atoms. The fourth-order valence-electron chi connectivity index (χ4n) is 5.58. The van der Waals surface area contributed by atoms with Crippen molar-refractivity contribution in [2.75, 3.05) is 63.8 Å². The van der Waals surface area contributed by atoms with Crippen LogP contribution >= 0.6 is 0 Å². The summed E-state index contributed by atoms with van der Waals surface area (Å²) in [6.45, 7) is 11.5. The van der Waals surface area contributed by atoms with E-state index in [0.717, 1.165) is 70.9 Å². The van der Waals surface area contributed by atoms with Crippen molar-refractivity contribution in [1.82, 2.24) is 14.7 Å². The van der Waals surface area contributed by atoms with E-state index in [2.05, 4.69) is 26.5 Å². The lowest BCUT2D eigenvalue weighted by Gasteiger charge is -2.44. The van der Waals surface area contributed by atoms with Gasteiger partial charge in [0.25, 0.3) is 0 Å². The van der Waals surface area contributed by atoms with Gasteiger partial charge in [0.2, 0.25) is 5.91 Å². The molecule has 0 saturated carbocycles. The molecule has 0 aliphatic carbocycles. The number of likely N-dealkylation sites (tertiary alicyclic amines) is 2. The first-order chi connectivity index (χ1) is 15.1. The molecule has 1 unspecified atom stereocenters. The lowest BCUT2D eigenvalue weighted by atomic mass is 9.92. The Morgan fingerprint density at radius 3 is 2.35 bits per heavy atom. The maximum atomic E-state index is 13.2. The van der Waals surface area contributed by atoms with E-state index >= 15 is 0 Å². The van der Waals surface area contributed by atoms with E-state index in [0.29, 0.717) is 17.9 Å². The Balaban J connectivity index is 1.22. The van der Waals surface area contributed by atoms with Crippen molar-refractivity contribution in [3.8, 4) is 0 Å². The van der Waals surface area contributed by atoms with E-state index in [4.69, 9.17) is 0 Å². The highest BCUT2D eigenvalue weighted by Gasteiger charge is 2.31. The average molecular weight is 431 g/mol. The first-order valence-electron chi connectivity index (χ1n) is 12.4. The monoisotopic (exact) mass is 430 g/mol. The average Bonchev–Trinajstić information content (AvgIpc) is 2.81. The molecule has 4 rings (SSSR count). The largest absolute Gasteiger partial charge is 0.369 e. The number of piperazine rings is 1. The molecule has 1 amide bonds. The summed E-state index contributed by atoms with van der Waals surface area (Å²) < 4.78 is 13.2. The Hall–Kier alpha value is -1.66. The molecule has 3 aliphatic rings. The van der Waals surface area contributed by atoms with E-state index in [1.807, 2.05) is 12.1 Å². The molecule has 3 fully saturated rings. The van der Waals surface area contributed by atoms with E-state index in [-0.39, 0.29) is 5.82 Å². The van der Waals surface area contributed by atoms with Gasteiger partial charge in [-0.05, 0) is 81.9 Å². The van der Waals surface area contributed by atoms with E-state index in [1.165, 1.54) is 32.2 Å². The van der Waals surface area contributed by atoms with Crippen molar-refractivity contribution in [2.24, 2.45) is 5.92 Å². The highest BCUT2D eigenvalue weighted by atomic mass is 19.1. The zero-order valence-electron chi connectivity index (χ0n) is 19.1.